The number of nitrogens with one attached hydrogen (secondary N) is 1. The van der Waals surface area contributed by atoms with Gasteiger partial charge in [0.2, 0.25) is 5.91 Å². The molecule has 0 saturated carbocycles. The molecule has 0 atom stereocenters. The number of hydrogen-bond acceptors (Lipinski definition) is 3. The van der Waals surface area contributed by atoms with E-state index in [0.717, 1.165) is 68.1 Å². The Morgan fingerprint density at radius 1 is 1.21 bits per heavy atom. The average Bonchev–Trinajstić information content (AvgIpc) is 3.02. The molecule has 0 spiro atoms. The van der Waals surface area contributed by atoms with E-state index < -0.39 is 0 Å². The molecular weight excluding hydrogens is 362 g/mol. The van der Waals surface area contributed by atoms with E-state index in [9.17, 15) is 4.79 Å². The van der Waals surface area contributed by atoms with Gasteiger partial charge in [-0.05, 0) is 62.9 Å². The minimum absolute atomic E-state index is 0.00709. The molecule has 0 aliphatic carbocycles. The third-order valence-electron chi connectivity index (χ3n) is 5.66. The van der Waals surface area contributed by atoms with E-state index in [0.29, 0.717) is 0 Å². The van der Waals surface area contributed by atoms with Gasteiger partial charge in [-0.15, -0.1) is 0 Å². The van der Waals surface area contributed by atoms with E-state index in [2.05, 4.69) is 46.8 Å². The maximum absolute atomic E-state index is 12.4. The molecule has 1 saturated heterocycles. The lowest BCUT2D eigenvalue weighted by Crippen LogP contribution is -2.44. The van der Waals surface area contributed by atoms with Gasteiger partial charge in [0.1, 0.15) is 0 Å². The van der Waals surface area contributed by atoms with Crippen LogP contribution in [0.1, 0.15) is 36.2 Å². The van der Waals surface area contributed by atoms with Crippen LogP contribution < -0.4 is 5.32 Å². The summed E-state index contributed by atoms with van der Waals surface area (Å²) in [6.45, 7) is 8.15. The summed E-state index contributed by atoms with van der Waals surface area (Å²) >= 11 is 0. The zero-order valence-corrected chi connectivity index (χ0v) is 17.9. The van der Waals surface area contributed by atoms with E-state index in [-0.39, 0.29) is 11.9 Å². The molecule has 5 heteroatoms. The smallest absolute Gasteiger partial charge is 0.244 e. The van der Waals surface area contributed by atoms with Crippen molar-refractivity contribution in [1.82, 2.24) is 14.8 Å². The number of rotatable bonds is 8. The molecule has 29 heavy (non-hydrogen) atoms. The van der Waals surface area contributed by atoms with Crippen LogP contribution >= 0.6 is 0 Å². The van der Waals surface area contributed by atoms with Crippen LogP contribution in [0.3, 0.4) is 0 Å². The molecule has 156 valence electrons. The summed E-state index contributed by atoms with van der Waals surface area (Å²) in [5.74, 6) is -0.00709. The van der Waals surface area contributed by atoms with E-state index in [1.807, 2.05) is 24.3 Å². The van der Waals surface area contributed by atoms with Gasteiger partial charge in [0, 0.05) is 62.5 Å². The second kappa shape index (κ2) is 10.4. The van der Waals surface area contributed by atoms with Crippen LogP contribution in [0, 0.1) is 13.8 Å². The number of carbonyl (C=O) groups excluding carboxylic acids is 1. The van der Waals surface area contributed by atoms with Crippen molar-refractivity contribution in [2.45, 2.75) is 39.2 Å². The zero-order valence-electron chi connectivity index (χ0n) is 17.9. The van der Waals surface area contributed by atoms with Crippen molar-refractivity contribution >= 4 is 12.0 Å². The molecule has 1 aromatic carbocycles. The summed E-state index contributed by atoms with van der Waals surface area (Å²) in [6.07, 6.45) is 6.68. The molecule has 2 heterocycles. The van der Waals surface area contributed by atoms with Crippen molar-refractivity contribution in [2.24, 2.45) is 0 Å². The minimum atomic E-state index is -0.00709. The van der Waals surface area contributed by atoms with E-state index in [1.165, 1.54) is 0 Å². The van der Waals surface area contributed by atoms with Crippen LogP contribution in [0.2, 0.25) is 0 Å². The molecule has 1 fully saturated rings. The first-order chi connectivity index (χ1) is 14.1. The van der Waals surface area contributed by atoms with Gasteiger partial charge in [0.25, 0.3) is 0 Å². The van der Waals surface area contributed by atoms with Gasteiger partial charge < -0.3 is 19.5 Å². The molecule has 0 radical (unpaired) electrons. The number of methoxy groups -OCH3 is 1. The van der Waals surface area contributed by atoms with Crippen molar-refractivity contribution in [3.05, 3.63) is 59.4 Å². The van der Waals surface area contributed by atoms with Crippen LogP contribution in [0.15, 0.2) is 42.5 Å². The van der Waals surface area contributed by atoms with Crippen molar-refractivity contribution < 1.29 is 9.53 Å². The Morgan fingerprint density at radius 3 is 2.62 bits per heavy atom. The maximum Gasteiger partial charge on any atom is 0.244 e. The van der Waals surface area contributed by atoms with Crippen molar-refractivity contribution in [1.29, 1.82) is 0 Å². The first-order valence-corrected chi connectivity index (χ1v) is 10.5. The van der Waals surface area contributed by atoms with Crippen LogP contribution in [-0.4, -0.2) is 54.8 Å². The number of hydrogen-bond donors (Lipinski definition) is 1. The molecular formula is C24H33N3O2. The lowest BCUT2D eigenvalue weighted by Gasteiger charge is -2.32. The van der Waals surface area contributed by atoms with Gasteiger partial charge >= 0.3 is 0 Å². The van der Waals surface area contributed by atoms with E-state index in [4.69, 9.17) is 4.74 Å². The highest BCUT2D eigenvalue weighted by Crippen LogP contribution is 2.21. The summed E-state index contributed by atoms with van der Waals surface area (Å²) in [7, 11) is 1.74. The monoisotopic (exact) mass is 395 g/mol. The van der Waals surface area contributed by atoms with Crippen LogP contribution in [-0.2, 0) is 9.53 Å². The number of para-hydroxylation sites is 1. The van der Waals surface area contributed by atoms with E-state index >= 15 is 0 Å². The number of nitrogens with zero attached hydrogens (tertiary/aromatic N) is 2. The van der Waals surface area contributed by atoms with Gasteiger partial charge in [-0.3, -0.25) is 4.79 Å². The normalized spacial score (nSPS) is 15.8. The molecule has 0 bridgehead atoms. The fourth-order valence-electron chi connectivity index (χ4n) is 4.08. The minimum Gasteiger partial charge on any atom is -0.385 e. The molecule has 2 aromatic rings. The fourth-order valence-corrected chi connectivity index (χ4v) is 4.08. The fraction of sp³-hybridized carbons (Fsp3) is 0.458. The van der Waals surface area contributed by atoms with Gasteiger partial charge in [-0.25, -0.2) is 0 Å². The van der Waals surface area contributed by atoms with Gasteiger partial charge in [-0.1, -0.05) is 18.2 Å². The molecule has 3 rings (SSSR count). The highest BCUT2D eigenvalue weighted by atomic mass is 16.5. The summed E-state index contributed by atoms with van der Waals surface area (Å²) in [5.41, 5.74) is 4.52. The highest BCUT2D eigenvalue weighted by Gasteiger charge is 2.19. The SMILES string of the molecule is COCCCN1CCC(NC(=O)/C=C/c2cc(C)n(-c3ccccc3)c2C)CC1. The predicted molar refractivity (Wildman–Crippen MR) is 118 cm³/mol. The molecule has 1 aliphatic heterocycles. The molecule has 1 amide bonds. The number of likely N-dealkylation sites (tertiary alicyclic amines) is 1. The number of benzene rings is 1. The molecule has 1 N–H and O–H groups in total. The Bertz CT molecular complexity index is 818. The van der Waals surface area contributed by atoms with Crippen molar-refractivity contribution in [2.75, 3.05) is 33.4 Å². The molecule has 5 nitrogen and oxygen atoms in total. The summed E-state index contributed by atoms with van der Waals surface area (Å²) in [4.78, 5) is 14.9. The Hall–Kier alpha value is -2.37. The molecule has 0 unspecified atom stereocenters. The summed E-state index contributed by atoms with van der Waals surface area (Å²) in [6, 6.07) is 12.7. The number of aromatic nitrogens is 1. The van der Waals surface area contributed by atoms with Crippen LogP contribution in [0.5, 0.6) is 0 Å². The number of amides is 1. The second-order valence-corrected chi connectivity index (χ2v) is 7.80. The van der Waals surface area contributed by atoms with Crippen molar-refractivity contribution in [3.8, 4) is 5.69 Å². The van der Waals surface area contributed by atoms with Crippen LogP contribution in [0.25, 0.3) is 11.8 Å². The Balaban J connectivity index is 1.53. The van der Waals surface area contributed by atoms with Crippen molar-refractivity contribution in [3.63, 3.8) is 0 Å². The zero-order chi connectivity index (χ0) is 20.6. The third-order valence-corrected chi connectivity index (χ3v) is 5.66. The maximum atomic E-state index is 12.4. The second-order valence-electron chi connectivity index (χ2n) is 7.80. The van der Waals surface area contributed by atoms with Gasteiger partial charge in [-0.2, -0.15) is 0 Å². The quantitative estimate of drug-likeness (QED) is 0.547. The summed E-state index contributed by atoms with van der Waals surface area (Å²) in [5, 5.41) is 3.17. The Morgan fingerprint density at radius 2 is 1.93 bits per heavy atom. The number of ether oxygens (including phenoxy) is 1. The third kappa shape index (κ3) is 5.81. The molecule has 1 aliphatic rings. The van der Waals surface area contributed by atoms with E-state index in [1.54, 1.807) is 13.2 Å². The number of piperidine rings is 1. The Labute approximate surface area is 174 Å². The average molecular weight is 396 g/mol. The topological polar surface area (TPSA) is 46.5 Å². The first kappa shape index (κ1) is 21.3. The summed E-state index contributed by atoms with van der Waals surface area (Å²) < 4.78 is 7.34. The number of aryl methyl sites for hydroxylation is 1. The highest BCUT2D eigenvalue weighted by molar-refractivity contribution is 5.92. The van der Waals surface area contributed by atoms with Gasteiger partial charge in [0.15, 0.2) is 0 Å². The largest absolute Gasteiger partial charge is 0.385 e. The predicted octanol–water partition coefficient (Wildman–Crippen LogP) is 3.72. The van der Waals surface area contributed by atoms with Crippen LogP contribution in [0.4, 0.5) is 0 Å². The van der Waals surface area contributed by atoms with Gasteiger partial charge in [0.05, 0.1) is 0 Å². The number of carbonyl (C=O) groups is 1. The standard InChI is InChI=1S/C24H33N3O2/c1-19-18-21(20(2)27(19)23-8-5-4-6-9-23)10-11-24(28)25-22-12-15-26(16-13-22)14-7-17-29-3/h4-6,8-11,18,22H,7,12-17H2,1-3H3,(H,25,28)/b11-10+. The lowest BCUT2D eigenvalue weighted by molar-refractivity contribution is -0.117. The Kier molecular flexibility index (Phi) is 7.67. The molecule has 1 aromatic heterocycles. The first-order valence-electron chi connectivity index (χ1n) is 10.5. The lowest BCUT2D eigenvalue weighted by atomic mass is 10.0.